The highest BCUT2D eigenvalue weighted by Crippen LogP contribution is 2.35. The fourth-order valence-electron chi connectivity index (χ4n) is 4.24. The fraction of sp³-hybridized carbons (Fsp3) is 0.526. The van der Waals surface area contributed by atoms with Crippen LogP contribution in [0.5, 0.6) is 0 Å². The maximum atomic E-state index is 12.7. The van der Waals surface area contributed by atoms with Gasteiger partial charge >= 0.3 is 0 Å². The molecule has 0 N–H and O–H groups in total. The molecule has 0 radical (unpaired) electrons. The normalized spacial score (nSPS) is 18.0. The van der Waals surface area contributed by atoms with Gasteiger partial charge in [-0.2, -0.15) is 10.1 Å². The Hall–Kier alpha value is -2.97. The van der Waals surface area contributed by atoms with Crippen molar-refractivity contribution in [2.24, 2.45) is 14.1 Å². The third-order valence-corrected chi connectivity index (χ3v) is 5.86. The number of aromatic nitrogens is 6. The molecular formula is C19H24N8O. The highest BCUT2D eigenvalue weighted by atomic mass is 16.1. The Morgan fingerprint density at radius 3 is 2.54 bits per heavy atom. The lowest BCUT2D eigenvalue weighted by molar-refractivity contribution is 0.452. The molecule has 0 atom stereocenters. The highest BCUT2D eigenvalue weighted by Gasteiger charge is 2.36. The van der Waals surface area contributed by atoms with Crippen molar-refractivity contribution in [3.05, 3.63) is 35.1 Å². The van der Waals surface area contributed by atoms with Crippen molar-refractivity contribution in [3.63, 3.8) is 0 Å². The van der Waals surface area contributed by atoms with Crippen LogP contribution in [0.3, 0.4) is 0 Å². The molecule has 0 aromatic carbocycles. The average molecular weight is 380 g/mol. The Balaban J connectivity index is 1.39. The number of anilines is 2. The quantitative estimate of drug-likeness (QED) is 0.670. The molecule has 9 nitrogen and oxygen atoms in total. The zero-order valence-corrected chi connectivity index (χ0v) is 16.2. The molecule has 0 spiro atoms. The van der Waals surface area contributed by atoms with Crippen LogP contribution in [0.25, 0.3) is 11.0 Å². The Bertz CT molecular complexity index is 1050. The Kier molecular flexibility index (Phi) is 4.03. The first-order valence-corrected chi connectivity index (χ1v) is 9.81. The number of fused-ring (bicyclic) bond motifs is 1. The number of rotatable bonds is 4. The van der Waals surface area contributed by atoms with Gasteiger partial charge in [0, 0.05) is 45.5 Å². The summed E-state index contributed by atoms with van der Waals surface area (Å²) < 4.78 is 3.31. The van der Waals surface area contributed by atoms with Crippen LogP contribution in [0.2, 0.25) is 0 Å². The third kappa shape index (κ3) is 2.81. The van der Waals surface area contributed by atoms with Crippen molar-refractivity contribution < 1.29 is 0 Å². The van der Waals surface area contributed by atoms with Crippen LogP contribution in [-0.4, -0.2) is 54.5 Å². The number of hydrogen-bond donors (Lipinski definition) is 0. The molecule has 5 rings (SSSR count). The minimum atomic E-state index is -0.0455. The summed E-state index contributed by atoms with van der Waals surface area (Å²) in [5.74, 6) is 1.75. The highest BCUT2D eigenvalue weighted by molar-refractivity contribution is 5.74. The number of piperidine rings is 1. The summed E-state index contributed by atoms with van der Waals surface area (Å²) in [7, 11) is 3.61. The van der Waals surface area contributed by atoms with Gasteiger partial charge in [-0.15, -0.1) is 0 Å². The van der Waals surface area contributed by atoms with Crippen molar-refractivity contribution in [2.75, 3.05) is 22.9 Å². The summed E-state index contributed by atoms with van der Waals surface area (Å²) in [5, 5.41) is 4.75. The molecule has 3 aromatic rings. The van der Waals surface area contributed by atoms with E-state index < -0.39 is 0 Å². The van der Waals surface area contributed by atoms with Gasteiger partial charge in [0.05, 0.1) is 6.20 Å². The van der Waals surface area contributed by atoms with Crippen LogP contribution in [0.4, 0.5) is 11.8 Å². The minimum Gasteiger partial charge on any atom is -0.350 e. The van der Waals surface area contributed by atoms with E-state index in [9.17, 15) is 4.79 Å². The molecule has 3 aromatic heterocycles. The zero-order chi connectivity index (χ0) is 19.3. The Morgan fingerprint density at radius 1 is 1.11 bits per heavy atom. The van der Waals surface area contributed by atoms with E-state index in [1.165, 1.54) is 12.8 Å². The molecule has 1 aliphatic heterocycles. The van der Waals surface area contributed by atoms with Crippen molar-refractivity contribution in [1.29, 1.82) is 0 Å². The van der Waals surface area contributed by atoms with Crippen LogP contribution < -0.4 is 15.4 Å². The Morgan fingerprint density at radius 2 is 1.86 bits per heavy atom. The molecular weight excluding hydrogens is 356 g/mol. The average Bonchev–Trinajstić information content (AvgIpc) is 3.49. The first kappa shape index (κ1) is 17.2. The minimum absolute atomic E-state index is 0.0455. The van der Waals surface area contributed by atoms with Crippen LogP contribution in [0, 0.1) is 0 Å². The predicted molar refractivity (Wildman–Crippen MR) is 107 cm³/mol. The first-order chi connectivity index (χ1) is 13.6. The lowest BCUT2D eigenvalue weighted by atomic mass is 10.0. The smallest absolute Gasteiger partial charge is 0.265 e. The van der Waals surface area contributed by atoms with Gasteiger partial charge in [-0.1, -0.05) is 0 Å². The largest absolute Gasteiger partial charge is 0.350 e. The van der Waals surface area contributed by atoms with Gasteiger partial charge in [0.2, 0.25) is 5.95 Å². The number of hydrogen-bond acceptors (Lipinski definition) is 7. The maximum Gasteiger partial charge on any atom is 0.265 e. The summed E-state index contributed by atoms with van der Waals surface area (Å²) in [6.07, 6.45) is 9.53. The van der Waals surface area contributed by atoms with Crippen molar-refractivity contribution in [3.8, 4) is 0 Å². The first-order valence-electron chi connectivity index (χ1n) is 9.81. The molecule has 1 saturated heterocycles. The molecule has 0 amide bonds. The topological polar surface area (TPSA) is 85.0 Å². The summed E-state index contributed by atoms with van der Waals surface area (Å²) in [6, 6.07) is 3.06. The van der Waals surface area contributed by atoms with E-state index in [0.29, 0.717) is 23.1 Å². The molecule has 2 aliphatic rings. The van der Waals surface area contributed by atoms with Crippen molar-refractivity contribution in [1.82, 2.24) is 29.3 Å². The van der Waals surface area contributed by atoms with Crippen molar-refractivity contribution >= 4 is 22.8 Å². The Labute approximate surface area is 162 Å². The molecule has 28 heavy (non-hydrogen) atoms. The molecule has 4 heterocycles. The van der Waals surface area contributed by atoms with Crippen LogP contribution in [0.15, 0.2) is 29.6 Å². The molecule has 2 fully saturated rings. The second kappa shape index (κ2) is 6.57. The lowest BCUT2D eigenvalue weighted by Gasteiger charge is -2.40. The molecule has 146 valence electrons. The van der Waals surface area contributed by atoms with Gasteiger partial charge in [-0.3, -0.25) is 14.0 Å². The number of nitrogens with zero attached hydrogens (tertiary/aromatic N) is 8. The van der Waals surface area contributed by atoms with Gasteiger partial charge in [0.25, 0.3) is 5.56 Å². The third-order valence-electron chi connectivity index (χ3n) is 5.86. The maximum absolute atomic E-state index is 12.7. The van der Waals surface area contributed by atoms with Crippen LogP contribution in [-0.2, 0) is 14.1 Å². The molecule has 0 bridgehead atoms. The SMILES string of the molecule is Cn1c(N2CCC(N(c3ccncn3)C3CC3)CC2)nc2c(cnn2C)c1=O. The summed E-state index contributed by atoms with van der Waals surface area (Å²) in [4.78, 5) is 30.7. The molecule has 9 heteroatoms. The van der Waals surface area contributed by atoms with E-state index in [2.05, 4.69) is 24.9 Å². The van der Waals surface area contributed by atoms with Gasteiger partial charge in [-0.25, -0.2) is 9.97 Å². The van der Waals surface area contributed by atoms with E-state index in [1.54, 1.807) is 28.8 Å². The van der Waals surface area contributed by atoms with Gasteiger partial charge in [0.15, 0.2) is 5.65 Å². The standard InChI is InChI=1S/C19H24N8O/c1-24-18(28)15-11-22-25(2)17(15)23-19(24)26-9-6-14(7-10-26)27(13-3-4-13)16-5-8-20-12-21-16/h5,8,11-14H,3-4,6-7,9-10H2,1-2H3. The summed E-state index contributed by atoms with van der Waals surface area (Å²) in [5.41, 5.74) is 0.594. The second-order valence-electron chi connectivity index (χ2n) is 7.71. The van der Waals surface area contributed by atoms with Crippen LogP contribution in [0.1, 0.15) is 25.7 Å². The summed E-state index contributed by atoms with van der Waals surface area (Å²) >= 11 is 0. The number of aryl methyl sites for hydroxylation is 1. The van der Waals surface area contributed by atoms with E-state index >= 15 is 0 Å². The van der Waals surface area contributed by atoms with Crippen molar-refractivity contribution in [2.45, 2.75) is 37.8 Å². The zero-order valence-electron chi connectivity index (χ0n) is 16.2. The monoisotopic (exact) mass is 380 g/mol. The molecule has 0 unspecified atom stereocenters. The van der Waals surface area contributed by atoms with Crippen LogP contribution >= 0.6 is 0 Å². The lowest BCUT2D eigenvalue weighted by Crippen LogP contribution is -2.47. The molecule has 1 aliphatic carbocycles. The van der Waals surface area contributed by atoms with E-state index in [4.69, 9.17) is 4.98 Å². The van der Waals surface area contributed by atoms with E-state index in [1.807, 2.05) is 19.3 Å². The second-order valence-corrected chi connectivity index (χ2v) is 7.71. The predicted octanol–water partition coefficient (Wildman–Crippen LogP) is 1.09. The van der Waals surface area contributed by atoms with E-state index in [0.717, 1.165) is 37.7 Å². The van der Waals surface area contributed by atoms with Gasteiger partial charge < -0.3 is 9.80 Å². The summed E-state index contributed by atoms with van der Waals surface area (Å²) in [6.45, 7) is 1.73. The molecule has 1 saturated carbocycles. The van der Waals surface area contributed by atoms with E-state index in [-0.39, 0.29) is 5.56 Å². The van der Waals surface area contributed by atoms with Gasteiger partial charge in [0.1, 0.15) is 17.5 Å². The fourth-order valence-corrected chi connectivity index (χ4v) is 4.24. The van der Waals surface area contributed by atoms with Gasteiger partial charge in [-0.05, 0) is 31.7 Å².